The first-order valence-electron chi connectivity index (χ1n) is 4.91. The Balaban J connectivity index is 1.76. The molecule has 2 heterocycles. The Morgan fingerprint density at radius 2 is 2.27 bits per heavy atom. The van der Waals surface area contributed by atoms with E-state index >= 15 is 0 Å². The van der Waals surface area contributed by atoms with E-state index in [2.05, 4.69) is 22.4 Å². The number of nitrogens with one attached hydrogen (secondary N) is 1. The van der Waals surface area contributed by atoms with Gasteiger partial charge in [-0.05, 0) is 13.0 Å². The third-order valence-electron chi connectivity index (χ3n) is 2.19. The minimum atomic E-state index is 0.371. The SMILES string of the molecule is CC(Cn1cnnc1)NCc1ccoc1. The van der Waals surface area contributed by atoms with E-state index in [9.17, 15) is 0 Å². The molecule has 1 N–H and O–H groups in total. The van der Waals surface area contributed by atoms with Crippen LogP contribution < -0.4 is 5.32 Å². The molecule has 2 aromatic rings. The van der Waals surface area contributed by atoms with Gasteiger partial charge in [-0.1, -0.05) is 0 Å². The first-order chi connectivity index (χ1) is 7.34. The zero-order valence-corrected chi connectivity index (χ0v) is 8.63. The van der Waals surface area contributed by atoms with Gasteiger partial charge >= 0.3 is 0 Å². The minimum Gasteiger partial charge on any atom is -0.472 e. The van der Waals surface area contributed by atoms with Gasteiger partial charge in [0, 0.05) is 24.7 Å². The first kappa shape index (κ1) is 9.92. The molecule has 0 amide bonds. The van der Waals surface area contributed by atoms with Crippen molar-refractivity contribution in [3.05, 3.63) is 36.8 Å². The minimum absolute atomic E-state index is 0.371. The van der Waals surface area contributed by atoms with Crippen LogP contribution in [0.3, 0.4) is 0 Å². The summed E-state index contributed by atoms with van der Waals surface area (Å²) in [6.07, 6.45) is 6.87. The molecule has 0 saturated carbocycles. The lowest BCUT2D eigenvalue weighted by molar-refractivity contribution is 0.473. The molecule has 0 aromatic carbocycles. The van der Waals surface area contributed by atoms with Crippen LogP contribution in [-0.2, 0) is 13.1 Å². The Hall–Kier alpha value is -1.62. The van der Waals surface area contributed by atoms with Crippen LogP contribution in [0.5, 0.6) is 0 Å². The number of furan rings is 1. The molecule has 5 nitrogen and oxygen atoms in total. The lowest BCUT2D eigenvalue weighted by Gasteiger charge is -2.12. The topological polar surface area (TPSA) is 55.9 Å². The molecule has 2 aromatic heterocycles. The van der Waals surface area contributed by atoms with Crippen molar-refractivity contribution in [1.82, 2.24) is 20.1 Å². The quantitative estimate of drug-likeness (QED) is 0.794. The zero-order valence-electron chi connectivity index (χ0n) is 8.63. The van der Waals surface area contributed by atoms with Gasteiger partial charge in [-0.15, -0.1) is 10.2 Å². The largest absolute Gasteiger partial charge is 0.472 e. The van der Waals surface area contributed by atoms with Gasteiger partial charge in [0.1, 0.15) is 12.7 Å². The maximum Gasteiger partial charge on any atom is 0.119 e. The van der Waals surface area contributed by atoms with Crippen LogP contribution in [0.1, 0.15) is 12.5 Å². The summed E-state index contributed by atoms with van der Waals surface area (Å²) in [4.78, 5) is 0. The number of rotatable bonds is 5. The summed E-state index contributed by atoms with van der Waals surface area (Å²) in [5, 5.41) is 10.9. The molecular weight excluding hydrogens is 192 g/mol. The van der Waals surface area contributed by atoms with E-state index in [1.807, 2.05) is 10.6 Å². The highest BCUT2D eigenvalue weighted by Gasteiger charge is 2.02. The van der Waals surface area contributed by atoms with Crippen molar-refractivity contribution in [3.63, 3.8) is 0 Å². The molecule has 1 unspecified atom stereocenters. The number of nitrogens with zero attached hydrogens (tertiary/aromatic N) is 3. The molecule has 0 aliphatic carbocycles. The summed E-state index contributed by atoms with van der Waals surface area (Å²) in [6, 6.07) is 2.33. The van der Waals surface area contributed by atoms with Crippen LogP contribution in [-0.4, -0.2) is 20.8 Å². The van der Waals surface area contributed by atoms with E-state index in [1.165, 1.54) is 0 Å². The normalized spacial score (nSPS) is 12.9. The van der Waals surface area contributed by atoms with Crippen molar-refractivity contribution in [3.8, 4) is 0 Å². The van der Waals surface area contributed by atoms with E-state index < -0.39 is 0 Å². The molecular formula is C10H14N4O. The van der Waals surface area contributed by atoms with Crippen LogP contribution >= 0.6 is 0 Å². The van der Waals surface area contributed by atoms with E-state index in [0.717, 1.165) is 18.7 Å². The Kier molecular flexibility index (Phi) is 3.14. The fraction of sp³-hybridized carbons (Fsp3) is 0.400. The second-order valence-corrected chi connectivity index (χ2v) is 3.57. The van der Waals surface area contributed by atoms with E-state index in [4.69, 9.17) is 4.42 Å². The highest BCUT2D eigenvalue weighted by molar-refractivity contribution is 5.04. The van der Waals surface area contributed by atoms with Crippen molar-refractivity contribution in [1.29, 1.82) is 0 Å². The molecule has 0 aliphatic rings. The smallest absolute Gasteiger partial charge is 0.119 e. The van der Waals surface area contributed by atoms with Gasteiger partial charge in [0.15, 0.2) is 0 Å². The van der Waals surface area contributed by atoms with Crippen molar-refractivity contribution in [2.45, 2.75) is 26.1 Å². The molecule has 0 radical (unpaired) electrons. The molecule has 0 saturated heterocycles. The van der Waals surface area contributed by atoms with Crippen LogP contribution in [0.25, 0.3) is 0 Å². The zero-order chi connectivity index (χ0) is 10.5. The van der Waals surface area contributed by atoms with Gasteiger partial charge in [0.25, 0.3) is 0 Å². The molecule has 0 aliphatic heterocycles. The van der Waals surface area contributed by atoms with Crippen molar-refractivity contribution in [2.75, 3.05) is 0 Å². The first-order valence-corrected chi connectivity index (χ1v) is 4.91. The Morgan fingerprint density at radius 1 is 1.47 bits per heavy atom. The molecule has 2 rings (SSSR count). The Labute approximate surface area is 88.1 Å². The number of hydrogen-bond donors (Lipinski definition) is 1. The summed E-state index contributed by atoms with van der Waals surface area (Å²) in [5.41, 5.74) is 1.16. The van der Waals surface area contributed by atoms with Gasteiger partial charge in [-0.25, -0.2) is 0 Å². The molecule has 0 spiro atoms. The van der Waals surface area contributed by atoms with E-state index in [-0.39, 0.29) is 0 Å². The molecule has 5 heteroatoms. The van der Waals surface area contributed by atoms with Crippen LogP contribution in [0, 0.1) is 0 Å². The van der Waals surface area contributed by atoms with Crippen LogP contribution in [0.15, 0.2) is 35.7 Å². The predicted octanol–water partition coefficient (Wildman–Crippen LogP) is 1.05. The van der Waals surface area contributed by atoms with E-state index in [0.29, 0.717) is 6.04 Å². The van der Waals surface area contributed by atoms with Crippen molar-refractivity contribution >= 4 is 0 Å². The second kappa shape index (κ2) is 4.75. The Morgan fingerprint density at radius 3 is 2.93 bits per heavy atom. The third-order valence-corrected chi connectivity index (χ3v) is 2.19. The second-order valence-electron chi connectivity index (χ2n) is 3.57. The monoisotopic (exact) mass is 206 g/mol. The molecule has 0 fully saturated rings. The fourth-order valence-corrected chi connectivity index (χ4v) is 1.38. The summed E-state index contributed by atoms with van der Waals surface area (Å²) in [5.74, 6) is 0. The molecule has 15 heavy (non-hydrogen) atoms. The highest BCUT2D eigenvalue weighted by atomic mass is 16.3. The number of hydrogen-bond acceptors (Lipinski definition) is 4. The van der Waals surface area contributed by atoms with Crippen LogP contribution in [0.4, 0.5) is 0 Å². The maximum absolute atomic E-state index is 4.99. The lowest BCUT2D eigenvalue weighted by Crippen LogP contribution is -2.29. The standard InChI is InChI=1S/C10H14N4O/c1-9(5-14-7-12-13-8-14)11-4-10-2-3-15-6-10/h2-3,6-9,11H,4-5H2,1H3. The summed E-state index contributed by atoms with van der Waals surface area (Å²) in [6.45, 7) is 3.81. The molecule has 1 atom stereocenters. The van der Waals surface area contributed by atoms with Crippen molar-refractivity contribution in [2.24, 2.45) is 0 Å². The summed E-state index contributed by atoms with van der Waals surface area (Å²) >= 11 is 0. The van der Waals surface area contributed by atoms with Crippen molar-refractivity contribution < 1.29 is 4.42 Å². The van der Waals surface area contributed by atoms with Gasteiger partial charge in [-0.2, -0.15) is 0 Å². The Bertz CT molecular complexity index is 368. The van der Waals surface area contributed by atoms with Gasteiger partial charge in [0.2, 0.25) is 0 Å². The predicted molar refractivity (Wildman–Crippen MR) is 55.0 cm³/mol. The third kappa shape index (κ3) is 2.92. The molecule has 80 valence electrons. The van der Waals surface area contributed by atoms with Gasteiger partial charge in [-0.3, -0.25) is 0 Å². The fourth-order valence-electron chi connectivity index (χ4n) is 1.38. The van der Waals surface area contributed by atoms with Gasteiger partial charge in [0.05, 0.1) is 12.5 Å². The summed E-state index contributed by atoms with van der Waals surface area (Å²) < 4.78 is 6.94. The lowest BCUT2D eigenvalue weighted by atomic mass is 10.3. The number of aromatic nitrogens is 3. The highest BCUT2D eigenvalue weighted by Crippen LogP contribution is 2.00. The average Bonchev–Trinajstić information content (AvgIpc) is 2.86. The maximum atomic E-state index is 4.99. The van der Waals surface area contributed by atoms with Crippen LogP contribution in [0.2, 0.25) is 0 Å². The van der Waals surface area contributed by atoms with E-state index in [1.54, 1.807) is 25.2 Å². The molecule has 0 bridgehead atoms. The summed E-state index contributed by atoms with van der Waals surface area (Å²) in [7, 11) is 0. The van der Waals surface area contributed by atoms with Gasteiger partial charge < -0.3 is 14.3 Å². The average molecular weight is 206 g/mol.